The molecule has 5 nitrogen and oxygen atoms in total. The van der Waals surface area contributed by atoms with Gasteiger partial charge in [0.05, 0.1) is 0 Å². The van der Waals surface area contributed by atoms with Crippen molar-refractivity contribution >= 4 is 35.8 Å². The molecule has 1 heterocycles. The van der Waals surface area contributed by atoms with Crippen LogP contribution in [0.3, 0.4) is 0 Å². The van der Waals surface area contributed by atoms with Crippen LogP contribution in [0.4, 0.5) is 0 Å². The lowest BCUT2D eigenvalue weighted by atomic mass is 9.88. The second-order valence-electron chi connectivity index (χ2n) is 8.25. The van der Waals surface area contributed by atoms with E-state index < -0.39 is 0 Å². The summed E-state index contributed by atoms with van der Waals surface area (Å²) in [4.78, 5) is 19.5. The zero-order valence-corrected chi connectivity index (χ0v) is 18.2. The first-order valence-electron chi connectivity index (χ1n) is 9.93. The topological polar surface area (TPSA) is 56.7 Å². The van der Waals surface area contributed by atoms with Gasteiger partial charge in [0.1, 0.15) is 0 Å². The standard InChI is InChI=1S/C19H34N4O.HI/c1-3-20-18(21-14-19(2)10-11-19)22-16-9-12-23(13-16)17(24)15-7-5-4-6-8-15;/h15-16H,3-14H2,1-2H3,(H2,20,21,22);1H. The van der Waals surface area contributed by atoms with Gasteiger partial charge in [-0.25, -0.2) is 0 Å². The Kier molecular flexibility index (Phi) is 7.83. The number of hydrogen-bond acceptors (Lipinski definition) is 2. The average Bonchev–Trinajstić information content (AvgIpc) is 3.16. The molecule has 0 aromatic rings. The van der Waals surface area contributed by atoms with E-state index in [1.165, 1.54) is 32.1 Å². The maximum atomic E-state index is 12.7. The van der Waals surface area contributed by atoms with Crippen LogP contribution in [0.5, 0.6) is 0 Å². The summed E-state index contributed by atoms with van der Waals surface area (Å²) in [7, 11) is 0. The molecule has 1 unspecified atom stereocenters. The van der Waals surface area contributed by atoms with Gasteiger partial charge in [-0.15, -0.1) is 24.0 Å². The number of halogens is 1. The van der Waals surface area contributed by atoms with Crippen molar-refractivity contribution in [2.45, 2.75) is 71.3 Å². The maximum Gasteiger partial charge on any atom is 0.225 e. The summed E-state index contributed by atoms with van der Waals surface area (Å²) in [6.07, 6.45) is 9.55. The fourth-order valence-electron chi connectivity index (χ4n) is 3.84. The van der Waals surface area contributed by atoms with Gasteiger partial charge < -0.3 is 15.5 Å². The summed E-state index contributed by atoms with van der Waals surface area (Å²) in [5.74, 6) is 1.60. The molecule has 0 radical (unpaired) electrons. The van der Waals surface area contributed by atoms with Gasteiger partial charge in [-0.1, -0.05) is 26.2 Å². The van der Waals surface area contributed by atoms with Crippen molar-refractivity contribution in [1.82, 2.24) is 15.5 Å². The van der Waals surface area contributed by atoms with E-state index in [4.69, 9.17) is 4.99 Å². The van der Waals surface area contributed by atoms with E-state index in [0.717, 1.165) is 51.4 Å². The summed E-state index contributed by atoms with van der Waals surface area (Å²) in [5.41, 5.74) is 0.432. The van der Waals surface area contributed by atoms with Crippen molar-refractivity contribution < 1.29 is 4.79 Å². The third-order valence-electron chi connectivity index (χ3n) is 5.86. The molecule has 25 heavy (non-hydrogen) atoms. The van der Waals surface area contributed by atoms with Crippen LogP contribution in [0.25, 0.3) is 0 Å². The number of rotatable bonds is 5. The first kappa shape index (κ1) is 20.8. The number of aliphatic imine (C=N–C) groups is 1. The Morgan fingerprint density at radius 2 is 1.92 bits per heavy atom. The highest BCUT2D eigenvalue weighted by Gasteiger charge is 2.37. The summed E-state index contributed by atoms with van der Waals surface area (Å²) < 4.78 is 0. The first-order chi connectivity index (χ1) is 11.6. The number of amides is 1. The monoisotopic (exact) mass is 462 g/mol. The molecule has 3 aliphatic rings. The summed E-state index contributed by atoms with van der Waals surface area (Å²) in [6, 6.07) is 0.336. The van der Waals surface area contributed by atoms with E-state index in [1.807, 2.05) is 0 Å². The number of guanidine groups is 1. The fourth-order valence-corrected chi connectivity index (χ4v) is 3.84. The Hall–Kier alpha value is -0.530. The zero-order chi connectivity index (χ0) is 17.0. The average molecular weight is 462 g/mol. The van der Waals surface area contributed by atoms with E-state index in [2.05, 4.69) is 29.4 Å². The van der Waals surface area contributed by atoms with Crippen molar-refractivity contribution in [2.24, 2.45) is 16.3 Å². The highest BCUT2D eigenvalue weighted by molar-refractivity contribution is 14.0. The van der Waals surface area contributed by atoms with E-state index in [-0.39, 0.29) is 29.9 Å². The molecular formula is C19H35IN4O. The molecule has 2 saturated carbocycles. The van der Waals surface area contributed by atoms with Crippen LogP contribution in [0.1, 0.15) is 65.2 Å². The van der Waals surface area contributed by atoms with Gasteiger partial charge in [-0.2, -0.15) is 0 Å². The molecule has 3 fully saturated rings. The summed E-state index contributed by atoms with van der Waals surface area (Å²) in [6.45, 7) is 7.91. The maximum absolute atomic E-state index is 12.7. The minimum Gasteiger partial charge on any atom is -0.357 e. The molecule has 6 heteroatoms. The van der Waals surface area contributed by atoms with Gasteiger partial charge in [0.2, 0.25) is 5.91 Å². The van der Waals surface area contributed by atoms with Gasteiger partial charge in [0, 0.05) is 38.1 Å². The van der Waals surface area contributed by atoms with Gasteiger partial charge in [-0.05, 0) is 44.4 Å². The number of carbonyl (C=O) groups excluding carboxylic acids is 1. The molecule has 0 bridgehead atoms. The van der Waals surface area contributed by atoms with Crippen LogP contribution < -0.4 is 10.6 Å². The Morgan fingerprint density at radius 1 is 1.20 bits per heavy atom. The third kappa shape index (κ3) is 6.00. The Bertz CT molecular complexity index is 472. The van der Waals surface area contributed by atoms with Gasteiger partial charge in [0.25, 0.3) is 0 Å². The van der Waals surface area contributed by atoms with Crippen molar-refractivity contribution in [1.29, 1.82) is 0 Å². The lowest BCUT2D eigenvalue weighted by Gasteiger charge is -2.26. The lowest BCUT2D eigenvalue weighted by Crippen LogP contribution is -2.45. The molecule has 0 aromatic carbocycles. The van der Waals surface area contributed by atoms with E-state index in [1.54, 1.807) is 0 Å². The lowest BCUT2D eigenvalue weighted by molar-refractivity contribution is -0.135. The molecular weight excluding hydrogens is 427 g/mol. The second kappa shape index (κ2) is 9.42. The van der Waals surface area contributed by atoms with E-state index >= 15 is 0 Å². The van der Waals surface area contributed by atoms with E-state index in [0.29, 0.717) is 17.4 Å². The Morgan fingerprint density at radius 3 is 2.56 bits per heavy atom. The quantitative estimate of drug-likeness (QED) is 0.375. The molecule has 0 spiro atoms. The predicted molar refractivity (Wildman–Crippen MR) is 113 cm³/mol. The molecule has 2 aliphatic carbocycles. The van der Waals surface area contributed by atoms with Gasteiger partial charge >= 0.3 is 0 Å². The fraction of sp³-hybridized carbons (Fsp3) is 0.895. The molecule has 3 rings (SSSR count). The molecule has 2 N–H and O–H groups in total. The predicted octanol–water partition coefficient (Wildman–Crippen LogP) is 3.14. The number of nitrogens with one attached hydrogen (secondary N) is 2. The number of hydrogen-bond donors (Lipinski definition) is 2. The zero-order valence-electron chi connectivity index (χ0n) is 15.9. The second-order valence-corrected chi connectivity index (χ2v) is 8.25. The van der Waals surface area contributed by atoms with Crippen molar-refractivity contribution in [3.05, 3.63) is 0 Å². The minimum absolute atomic E-state index is 0. The number of carbonyl (C=O) groups is 1. The molecule has 1 atom stereocenters. The van der Waals surface area contributed by atoms with Crippen molar-refractivity contribution in [3.8, 4) is 0 Å². The molecule has 1 saturated heterocycles. The Labute approximate surface area is 169 Å². The van der Waals surface area contributed by atoms with Crippen molar-refractivity contribution in [2.75, 3.05) is 26.2 Å². The van der Waals surface area contributed by atoms with Gasteiger partial charge in [0.15, 0.2) is 5.96 Å². The summed E-state index contributed by atoms with van der Waals surface area (Å²) >= 11 is 0. The third-order valence-corrected chi connectivity index (χ3v) is 5.86. The smallest absolute Gasteiger partial charge is 0.225 e. The first-order valence-corrected chi connectivity index (χ1v) is 9.93. The highest BCUT2D eigenvalue weighted by Crippen LogP contribution is 2.44. The van der Waals surface area contributed by atoms with E-state index in [9.17, 15) is 4.79 Å². The largest absolute Gasteiger partial charge is 0.357 e. The number of likely N-dealkylation sites (tertiary alicyclic amines) is 1. The SMILES string of the molecule is CCNC(=NCC1(C)CC1)NC1CCN(C(=O)C2CCCCC2)C1.I. The highest BCUT2D eigenvalue weighted by atomic mass is 127. The normalized spacial score (nSPS) is 26.1. The van der Waals surface area contributed by atoms with Crippen LogP contribution in [0.15, 0.2) is 4.99 Å². The van der Waals surface area contributed by atoms with Crippen LogP contribution in [0, 0.1) is 11.3 Å². The molecule has 0 aromatic heterocycles. The van der Waals surface area contributed by atoms with Crippen LogP contribution in [0.2, 0.25) is 0 Å². The molecule has 144 valence electrons. The van der Waals surface area contributed by atoms with Crippen molar-refractivity contribution in [3.63, 3.8) is 0 Å². The molecule has 1 amide bonds. The minimum atomic E-state index is 0. The molecule has 1 aliphatic heterocycles. The van der Waals surface area contributed by atoms with Crippen LogP contribution in [-0.2, 0) is 4.79 Å². The van der Waals surface area contributed by atoms with Crippen LogP contribution in [-0.4, -0.2) is 49.0 Å². The summed E-state index contributed by atoms with van der Waals surface area (Å²) in [5, 5.41) is 6.90. The van der Waals surface area contributed by atoms with Gasteiger partial charge in [-0.3, -0.25) is 9.79 Å². The van der Waals surface area contributed by atoms with Crippen LogP contribution >= 0.6 is 24.0 Å². The Balaban J connectivity index is 0.00000225. The number of nitrogens with zero attached hydrogens (tertiary/aromatic N) is 2.